The van der Waals surface area contributed by atoms with Gasteiger partial charge < -0.3 is 10.4 Å². The van der Waals surface area contributed by atoms with Gasteiger partial charge in [0, 0.05) is 19.0 Å². The number of amides is 1. The van der Waals surface area contributed by atoms with Crippen molar-refractivity contribution in [1.29, 1.82) is 0 Å². The van der Waals surface area contributed by atoms with Crippen LogP contribution in [0.25, 0.3) is 0 Å². The van der Waals surface area contributed by atoms with Crippen LogP contribution < -0.4 is 5.32 Å². The molecule has 0 aliphatic heterocycles. The topological polar surface area (TPSA) is 66.4 Å². The van der Waals surface area contributed by atoms with E-state index in [1.807, 2.05) is 13.0 Å². The van der Waals surface area contributed by atoms with Gasteiger partial charge in [-0.2, -0.15) is 0 Å². The monoisotopic (exact) mass is 225 g/mol. The lowest BCUT2D eigenvalue weighted by molar-refractivity contribution is -0.137. The number of aliphatic carboxylic acids is 1. The minimum Gasteiger partial charge on any atom is -0.481 e. The van der Waals surface area contributed by atoms with E-state index in [-0.39, 0.29) is 12.3 Å². The third-order valence-corrected chi connectivity index (χ3v) is 1.92. The van der Waals surface area contributed by atoms with Gasteiger partial charge >= 0.3 is 5.97 Å². The fourth-order valence-corrected chi connectivity index (χ4v) is 1.10. The summed E-state index contributed by atoms with van der Waals surface area (Å²) in [7, 11) is 0. The van der Waals surface area contributed by atoms with E-state index in [1.165, 1.54) is 6.08 Å². The van der Waals surface area contributed by atoms with Gasteiger partial charge in [-0.05, 0) is 19.8 Å². The van der Waals surface area contributed by atoms with Crippen LogP contribution in [0.15, 0.2) is 24.3 Å². The number of rotatable bonds is 8. The maximum atomic E-state index is 11.1. The van der Waals surface area contributed by atoms with Crippen molar-refractivity contribution in [1.82, 2.24) is 5.32 Å². The number of hydrogen-bond acceptors (Lipinski definition) is 2. The van der Waals surface area contributed by atoms with E-state index in [2.05, 4.69) is 5.32 Å². The predicted molar refractivity (Wildman–Crippen MR) is 63.1 cm³/mol. The van der Waals surface area contributed by atoms with Crippen molar-refractivity contribution in [3.8, 4) is 0 Å². The zero-order valence-corrected chi connectivity index (χ0v) is 9.61. The van der Waals surface area contributed by atoms with Gasteiger partial charge in [-0.25, -0.2) is 0 Å². The molecular formula is C12H19NO3. The Labute approximate surface area is 96.0 Å². The summed E-state index contributed by atoms with van der Waals surface area (Å²) in [6.07, 6.45) is 9.29. The van der Waals surface area contributed by atoms with Crippen LogP contribution in [0, 0.1) is 0 Å². The molecule has 0 radical (unpaired) electrons. The van der Waals surface area contributed by atoms with Gasteiger partial charge in [0.1, 0.15) is 0 Å². The first-order valence-electron chi connectivity index (χ1n) is 5.45. The summed E-state index contributed by atoms with van der Waals surface area (Å²) in [6.45, 7) is 2.48. The maximum Gasteiger partial charge on any atom is 0.303 e. The number of carbonyl (C=O) groups excluding carboxylic acids is 1. The van der Waals surface area contributed by atoms with Gasteiger partial charge in [0.15, 0.2) is 0 Å². The lowest BCUT2D eigenvalue weighted by atomic mass is 10.2. The molecule has 0 fully saturated rings. The van der Waals surface area contributed by atoms with Crippen molar-refractivity contribution in [2.45, 2.75) is 32.6 Å². The Hall–Kier alpha value is -1.58. The van der Waals surface area contributed by atoms with Crippen LogP contribution in [0.1, 0.15) is 32.6 Å². The highest BCUT2D eigenvalue weighted by molar-refractivity contribution is 5.87. The largest absolute Gasteiger partial charge is 0.481 e. The minimum atomic E-state index is -0.765. The first kappa shape index (κ1) is 14.4. The highest BCUT2D eigenvalue weighted by Gasteiger charge is 1.97. The Morgan fingerprint density at radius 3 is 2.56 bits per heavy atom. The lowest BCUT2D eigenvalue weighted by Crippen LogP contribution is -2.21. The summed E-state index contributed by atoms with van der Waals surface area (Å²) < 4.78 is 0. The maximum absolute atomic E-state index is 11.1. The number of carboxylic acids is 1. The Morgan fingerprint density at radius 1 is 1.19 bits per heavy atom. The second-order valence-electron chi connectivity index (χ2n) is 3.38. The average Bonchev–Trinajstić information content (AvgIpc) is 2.23. The first-order valence-corrected chi connectivity index (χ1v) is 5.45. The van der Waals surface area contributed by atoms with Gasteiger partial charge in [0.2, 0.25) is 5.91 Å². The van der Waals surface area contributed by atoms with E-state index >= 15 is 0 Å². The number of carbonyl (C=O) groups is 2. The van der Waals surface area contributed by atoms with Crippen molar-refractivity contribution in [2.75, 3.05) is 6.54 Å². The van der Waals surface area contributed by atoms with Gasteiger partial charge in [-0.1, -0.05) is 24.6 Å². The summed E-state index contributed by atoms with van der Waals surface area (Å²) in [5, 5.41) is 11.1. The van der Waals surface area contributed by atoms with Crippen molar-refractivity contribution >= 4 is 11.9 Å². The van der Waals surface area contributed by atoms with Crippen LogP contribution >= 0.6 is 0 Å². The molecule has 0 aromatic heterocycles. The Morgan fingerprint density at radius 2 is 1.94 bits per heavy atom. The molecular weight excluding hydrogens is 206 g/mol. The van der Waals surface area contributed by atoms with E-state index < -0.39 is 5.97 Å². The smallest absolute Gasteiger partial charge is 0.303 e. The second-order valence-corrected chi connectivity index (χ2v) is 3.38. The Balaban J connectivity index is 3.37. The highest BCUT2D eigenvalue weighted by Crippen LogP contribution is 1.98. The van der Waals surface area contributed by atoms with Gasteiger partial charge in [0.25, 0.3) is 0 Å². The summed E-state index contributed by atoms with van der Waals surface area (Å²) in [4.78, 5) is 21.3. The molecule has 0 saturated heterocycles. The van der Waals surface area contributed by atoms with Crippen LogP contribution in [0.3, 0.4) is 0 Å². The van der Waals surface area contributed by atoms with E-state index in [9.17, 15) is 9.59 Å². The van der Waals surface area contributed by atoms with E-state index in [4.69, 9.17) is 5.11 Å². The normalized spacial score (nSPS) is 11.1. The second kappa shape index (κ2) is 9.96. The van der Waals surface area contributed by atoms with Crippen LogP contribution in [0.2, 0.25) is 0 Å². The molecule has 0 spiro atoms. The zero-order chi connectivity index (χ0) is 12.2. The van der Waals surface area contributed by atoms with Crippen molar-refractivity contribution in [3.63, 3.8) is 0 Å². The predicted octanol–water partition coefficient (Wildman–Crippen LogP) is 1.88. The quantitative estimate of drug-likeness (QED) is 0.376. The molecule has 4 heteroatoms. The standard InChI is InChI=1S/C12H19NO3/c1-2-3-5-8-11(14)13-10-7-4-6-9-12(15)16/h2-3,5,8H,4,6-7,9-10H2,1H3,(H,13,14)(H,15,16)/b3-2+,8-5+. The average molecular weight is 225 g/mol. The zero-order valence-electron chi connectivity index (χ0n) is 9.61. The molecule has 2 N–H and O–H groups in total. The highest BCUT2D eigenvalue weighted by atomic mass is 16.4. The fraction of sp³-hybridized carbons (Fsp3) is 0.500. The molecule has 0 aliphatic carbocycles. The molecule has 0 bridgehead atoms. The number of nitrogens with one attached hydrogen (secondary N) is 1. The SMILES string of the molecule is C/C=C/C=C/C(=O)NCCCCCC(=O)O. The Bertz CT molecular complexity index is 269. The fourth-order valence-electron chi connectivity index (χ4n) is 1.10. The van der Waals surface area contributed by atoms with Crippen molar-refractivity contribution in [3.05, 3.63) is 24.3 Å². The third-order valence-electron chi connectivity index (χ3n) is 1.92. The van der Waals surface area contributed by atoms with Crippen molar-refractivity contribution < 1.29 is 14.7 Å². The number of unbranched alkanes of at least 4 members (excludes halogenated alkanes) is 2. The summed E-state index contributed by atoms with van der Waals surface area (Å²) >= 11 is 0. The molecule has 0 atom stereocenters. The number of carboxylic acid groups (broad SMARTS) is 1. The minimum absolute atomic E-state index is 0.115. The molecule has 4 nitrogen and oxygen atoms in total. The lowest BCUT2D eigenvalue weighted by Gasteiger charge is -2.00. The summed E-state index contributed by atoms with van der Waals surface area (Å²) in [5.74, 6) is -0.880. The molecule has 16 heavy (non-hydrogen) atoms. The molecule has 0 unspecified atom stereocenters. The van der Waals surface area contributed by atoms with Gasteiger partial charge in [-0.15, -0.1) is 0 Å². The molecule has 0 rings (SSSR count). The molecule has 0 aromatic carbocycles. The van der Waals surface area contributed by atoms with E-state index in [1.54, 1.807) is 12.2 Å². The number of hydrogen-bond donors (Lipinski definition) is 2. The summed E-state index contributed by atoms with van der Waals surface area (Å²) in [5.41, 5.74) is 0. The molecule has 0 saturated carbocycles. The van der Waals surface area contributed by atoms with E-state index in [0.717, 1.165) is 12.8 Å². The molecule has 0 aliphatic rings. The Kier molecular flexibility index (Phi) is 8.97. The molecule has 1 amide bonds. The molecule has 0 heterocycles. The van der Waals surface area contributed by atoms with Gasteiger partial charge in [-0.3, -0.25) is 9.59 Å². The van der Waals surface area contributed by atoms with Crippen molar-refractivity contribution in [2.24, 2.45) is 0 Å². The van der Waals surface area contributed by atoms with Gasteiger partial charge in [0.05, 0.1) is 0 Å². The molecule has 0 aromatic rings. The van der Waals surface area contributed by atoms with Crippen LogP contribution in [-0.4, -0.2) is 23.5 Å². The number of allylic oxidation sites excluding steroid dienone is 3. The van der Waals surface area contributed by atoms with E-state index in [0.29, 0.717) is 13.0 Å². The third kappa shape index (κ3) is 10.5. The molecule has 90 valence electrons. The van der Waals surface area contributed by atoms with Crippen LogP contribution in [0.5, 0.6) is 0 Å². The summed E-state index contributed by atoms with van der Waals surface area (Å²) in [6, 6.07) is 0. The van der Waals surface area contributed by atoms with Crippen LogP contribution in [-0.2, 0) is 9.59 Å². The van der Waals surface area contributed by atoms with Crippen LogP contribution in [0.4, 0.5) is 0 Å². The first-order chi connectivity index (χ1) is 7.66.